The van der Waals surface area contributed by atoms with E-state index < -0.39 is 4.92 Å². The topological polar surface area (TPSA) is 79.9 Å². The summed E-state index contributed by atoms with van der Waals surface area (Å²) in [5.41, 5.74) is 4.01. The second-order valence-electron chi connectivity index (χ2n) is 6.96. The Kier molecular flexibility index (Phi) is 5.71. The molecule has 27 heavy (non-hydrogen) atoms. The summed E-state index contributed by atoms with van der Waals surface area (Å²) in [6, 6.07) is 12.6. The number of rotatable bonds is 5. The number of hydrogen-bond donors (Lipinski definition) is 2. The number of hydrogen-bond acceptors (Lipinski definition) is 4. The van der Waals surface area contributed by atoms with Crippen molar-refractivity contribution in [1.29, 1.82) is 0 Å². The third kappa shape index (κ3) is 4.43. The molecule has 3 rings (SSSR count). The van der Waals surface area contributed by atoms with Crippen LogP contribution in [0, 0.1) is 24.0 Å². The van der Waals surface area contributed by atoms with Gasteiger partial charge in [-0.05, 0) is 37.1 Å². The Balaban J connectivity index is 1.56. The minimum Gasteiger partial charge on any atom is -0.360 e. The summed E-state index contributed by atoms with van der Waals surface area (Å²) in [7, 11) is 0. The van der Waals surface area contributed by atoms with Crippen LogP contribution in [0.5, 0.6) is 0 Å². The summed E-state index contributed by atoms with van der Waals surface area (Å²) in [5.74, 6) is -0.195. The fraction of sp³-hybridized carbons (Fsp3) is 0.350. The molecular formula is C20H25N4O3+. The van der Waals surface area contributed by atoms with Crippen molar-refractivity contribution in [1.82, 2.24) is 0 Å². The van der Waals surface area contributed by atoms with Crippen LogP contribution in [0.2, 0.25) is 0 Å². The van der Waals surface area contributed by atoms with Crippen LogP contribution in [0.4, 0.5) is 17.1 Å². The van der Waals surface area contributed by atoms with Gasteiger partial charge in [0.25, 0.3) is 11.6 Å². The van der Waals surface area contributed by atoms with Gasteiger partial charge in [0.05, 0.1) is 31.1 Å². The molecule has 2 N–H and O–H groups in total. The van der Waals surface area contributed by atoms with Crippen LogP contribution in [-0.4, -0.2) is 43.6 Å². The summed E-state index contributed by atoms with van der Waals surface area (Å²) >= 11 is 0. The minimum absolute atomic E-state index is 0.0828. The number of nitrogens with zero attached hydrogens (tertiary/aromatic N) is 2. The second kappa shape index (κ2) is 8.18. The van der Waals surface area contributed by atoms with E-state index in [0.29, 0.717) is 6.54 Å². The Morgan fingerprint density at radius 1 is 1.15 bits per heavy atom. The fourth-order valence-corrected chi connectivity index (χ4v) is 3.48. The molecular weight excluding hydrogens is 344 g/mol. The summed E-state index contributed by atoms with van der Waals surface area (Å²) in [4.78, 5) is 26.5. The molecule has 1 amide bonds. The van der Waals surface area contributed by atoms with E-state index in [4.69, 9.17) is 0 Å². The molecule has 7 heteroatoms. The largest absolute Gasteiger partial charge is 0.360 e. The standard InChI is InChI=1S/C20H24N4O3/c1-15-6-5-9-18(16(15)2)23-12-10-22(11-13-23)14-20(25)21-17-7-3-4-8-19(17)24(26)27/h3-9H,10-14H2,1-2H3,(H,21,25)/p+1. The molecule has 1 saturated heterocycles. The maximum atomic E-state index is 12.3. The van der Waals surface area contributed by atoms with Crippen LogP contribution in [0.15, 0.2) is 42.5 Å². The van der Waals surface area contributed by atoms with Crippen LogP contribution in [0.3, 0.4) is 0 Å². The van der Waals surface area contributed by atoms with Crippen molar-refractivity contribution in [2.45, 2.75) is 13.8 Å². The lowest BCUT2D eigenvalue weighted by Crippen LogP contribution is -3.15. The highest BCUT2D eigenvalue weighted by Crippen LogP contribution is 2.23. The first-order valence-corrected chi connectivity index (χ1v) is 9.13. The Morgan fingerprint density at radius 2 is 1.85 bits per heavy atom. The van der Waals surface area contributed by atoms with Crippen molar-refractivity contribution in [3.05, 3.63) is 63.7 Å². The van der Waals surface area contributed by atoms with Crippen molar-refractivity contribution >= 4 is 23.0 Å². The molecule has 0 bridgehead atoms. The Bertz CT molecular complexity index is 845. The molecule has 0 atom stereocenters. The summed E-state index contributed by atoms with van der Waals surface area (Å²) in [6.45, 7) is 8.07. The quantitative estimate of drug-likeness (QED) is 0.619. The number of para-hydroxylation sites is 2. The summed E-state index contributed by atoms with van der Waals surface area (Å²) in [6.07, 6.45) is 0. The molecule has 7 nitrogen and oxygen atoms in total. The molecule has 0 aromatic heterocycles. The maximum Gasteiger partial charge on any atom is 0.292 e. The number of nitro benzene ring substituents is 1. The average molecular weight is 369 g/mol. The molecule has 0 aliphatic carbocycles. The van der Waals surface area contributed by atoms with Crippen molar-refractivity contribution in [2.24, 2.45) is 0 Å². The molecule has 0 spiro atoms. The van der Waals surface area contributed by atoms with Crippen molar-refractivity contribution in [3.63, 3.8) is 0 Å². The van der Waals surface area contributed by atoms with Crippen molar-refractivity contribution in [2.75, 3.05) is 42.9 Å². The van der Waals surface area contributed by atoms with E-state index in [9.17, 15) is 14.9 Å². The van der Waals surface area contributed by atoms with Crippen LogP contribution < -0.4 is 15.1 Å². The molecule has 1 fully saturated rings. The molecule has 0 saturated carbocycles. The monoisotopic (exact) mass is 369 g/mol. The number of carbonyl (C=O) groups excluding carboxylic acids is 1. The van der Waals surface area contributed by atoms with Crippen LogP contribution in [-0.2, 0) is 4.79 Å². The van der Waals surface area contributed by atoms with Crippen LogP contribution >= 0.6 is 0 Å². The molecule has 1 aliphatic rings. The zero-order valence-corrected chi connectivity index (χ0v) is 15.7. The predicted octanol–water partition coefficient (Wildman–Crippen LogP) is 1.56. The van der Waals surface area contributed by atoms with Gasteiger partial charge in [0.2, 0.25) is 0 Å². The summed E-state index contributed by atoms with van der Waals surface area (Å²) < 4.78 is 0. The smallest absolute Gasteiger partial charge is 0.292 e. The number of nitro groups is 1. The number of carbonyl (C=O) groups is 1. The van der Waals surface area contributed by atoms with E-state index in [1.807, 2.05) is 0 Å². The highest BCUT2D eigenvalue weighted by Gasteiger charge is 2.24. The van der Waals surface area contributed by atoms with Gasteiger partial charge in [-0.2, -0.15) is 0 Å². The third-order valence-corrected chi connectivity index (χ3v) is 5.17. The van der Waals surface area contributed by atoms with E-state index >= 15 is 0 Å². The van der Waals surface area contributed by atoms with Crippen molar-refractivity contribution < 1.29 is 14.6 Å². The van der Waals surface area contributed by atoms with Crippen LogP contribution in [0.25, 0.3) is 0 Å². The third-order valence-electron chi connectivity index (χ3n) is 5.17. The number of quaternary nitrogens is 1. The Labute approximate surface area is 158 Å². The number of amides is 1. The first-order valence-electron chi connectivity index (χ1n) is 9.13. The van der Waals surface area contributed by atoms with Gasteiger partial charge in [-0.15, -0.1) is 0 Å². The van der Waals surface area contributed by atoms with Gasteiger partial charge in [0.1, 0.15) is 5.69 Å². The van der Waals surface area contributed by atoms with E-state index in [2.05, 4.69) is 42.3 Å². The lowest BCUT2D eigenvalue weighted by atomic mass is 10.1. The maximum absolute atomic E-state index is 12.3. The number of nitrogens with one attached hydrogen (secondary N) is 2. The molecule has 2 aromatic carbocycles. The zero-order chi connectivity index (χ0) is 19.4. The van der Waals surface area contributed by atoms with Gasteiger partial charge < -0.3 is 15.1 Å². The minimum atomic E-state index is -0.481. The predicted molar refractivity (Wildman–Crippen MR) is 105 cm³/mol. The van der Waals surface area contributed by atoms with E-state index in [1.165, 1.54) is 27.8 Å². The first-order chi connectivity index (χ1) is 13.0. The fourth-order valence-electron chi connectivity index (χ4n) is 3.48. The molecule has 1 aliphatic heterocycles. The van der Waals surface area contributed by atoms with Gasteiger partial charge in [-0.3, -0.25) is 14.9 Å². The molecule has 1 heterocycles. The van der Waals surface area contributed by atoms with Crippen molar-refractivity contribution in [3.8, 4) is 0 Å². The molecule has 0 unspecified atom stereocenters. The highest BCUT2D eigenvalue weighted by atomic mass is 16.6. The second-order valence-corrected chi connectivity index (χ2v) is 6.96. The lowest BCUT2D eigenvalue weighted by Gasteiger charge is -2.34. The van der Waals surface area contributed by atoms with Gasteiger partial charge in [0, 0.05) is 11.8 Å². The SMILES string of the molecule is Cc1cccc(N2CC[NH+](CC(=O)Nc3ccccc3[N+](=O)[O-])CC2)c1C. The lowest BCUT2D eigenvalue weighted by molar-refractivity contribution is -0.892. The number of anilines is 2. The number of aryl methyl sites for hydroxylation is 1. The molecule has 0 radical (unpaired) electrons. The molecule has 2 aromatic rings. The van der Waals surface area contributed by atoms with Gasteiger partial charge in [-0.1, -0.05) is 24.3 Å². The highest BCUT2D eigenvalue weighted by molar-refractivity contribution is 5.93. The first kappa shape index (κ1) is 18.8. The average Bonchev–Trinajstić information content (AvgIpc) is 2.65. The Hall–Kier alpha value is -2.93. The van der Waals surface area contributed by atoms with E-state index in [1.54, 1.807) is 18.2 Å². The van der Waals surface area contributed by atoms with Gasteiger partial charge >= 0.3 is 0 Å². The number of piperazine rings is 1. The van der Waals surface area contributed by atoms with Crippen LogP contribution in [0.1, 0.15) is 11.1 Å². The Morgan fingerprint density at radius 3 is 2.56 bits per heavy atom. The zero-order valence-electron chi connectivity index (χ0n) is 15.7. The number of benzene rings is 2. The van der Waals surface area contributed by atoms with Gasteiger partial charge in [0.15, 0.2) is 6.54 Å². The van der Waals surface area contributed by atoms with E-state index in [0.717, 1.165) is 26.2 Å². The summed E-state index contributed by atoms with van der Waals surface area (Å²) in [5, 5.41) is 13.7. The van der Waals surface area contributed by atoms with Gasteiger partial charge in [-0.25, -0.2) is 0 Å². The molecule has 142 valence electrons. The normalized spacial score (nSPS) is 14.8. The van der Waals surface area contributed by atoms with E-state index in [-0.39, 0.29) is 17.3 Å².